The first-order chi connectivity index (χ1) is 7.36. The predicted molar refractivity (Wildman–Crippen MR) is 67.0 cm³/mol. The van der Waals surface area contributed by atoms with Crippen LogP contribution in [0, 0.1) is 0 Å². The summed E-state index contributed by atoms with van der Waals surface area (Å²) in [6.45, 7) is 7.01. The SMILES string of the molecule is C=CN1CC=Cc2c(CCC)cccc21. The van der Waals surface area contributed by atoms with Gasteiger partial charge >= 0.3 is 0 Å². The third-order valence-electron chi connectivity index (χ3n) is 2.81. The Balaban J connectivity index is 2.47. The van der Waals surface area contributed by atoms with Gasteiger partial charge in [-0.3, -0.25) is 0 Å². The van der Waals surface area contributed by atoms with Gasteiger partial charge in [0.2, 0.25) is 0 Å². The van der Waals surface area contributed by atoms with Crippen molar-refractivity contribution in [3.63, 3.8) is 0 Å². The van der Waals surface area contributed by atoms with Crippen molar-refractivity contribution in [1.29, 1.82) is 0 Å². The Morgan fingerprint density at radius 2 is 2.33 bits per heavy atom. The van der Waals surface area contributed by atoms with E-state index in [1.54, 1.807) is 0 Å². The highest BCUT2D eigenvalue weighted by Crippen LogP contribution is 2.29. The maximum absolute atomic E-state index is 3.85. The van der Waals surface area contributed by atoms with Crippen molar-refractivity contribution in [2.75, 3.05) is 11.4 Å². The van der Waals surface area contributed by atoms with Crippen LogP contribution in [0.25, 0.3) is 6.08 Å². The van der Waals surface area contributed by atoms with Crippen molar-refractivity contribution in [1.82, 2.24) is 0 Å². The molecule has 0 aromatic heterocycles. The largest absolute Gasteiger partial charge is 0.344 e. The van der Waals surface area contributed by atoms with Gasteiger partial charge in [0, 0.05) is 17.8 Å². The second-order valence-corrected chi connectivity index (χ2v) is 3.84. The molecule has 0 saturated heterocycles. The average molecular weight is 199 g/mol. The number of benzene rings is 1. The van der Waals surface area contributed by atoms with Crippen LogP contribution in [-0.2, 0) is 6.42 Å². The quantitative estimate of drug-likeness (QED) is 0.718. The van der Waals surface area contributed by atoms with Crippen molar-refractivity contribution in [2.24, 2.45) is 0 Å². The van der Waals surface area contributed by atoms with Gasteiger partial charge in [0.05, 0.1) is 0 Å². The van der Waals surface area contributed by atoms with Crippen LogP contribution in [0.3, 0.4) is 0 Å². The van der Waals surface area contributed by atoms with E-state index in [1.165, 1.54) is 23.2 Å². The summed E-state index contributed by atoms with van der Waals surface area (Å²) in [6.07, 6.45) is 8.68. The topological polar surface area (TPSA) is 3.24 Å². The van der Waals surface area contributed by atoms with Gasteiger partial charge in [0.25, 0.3) is 0 Å². The smallest absolute Gasteiger partial charge is 0.0485 e. The second-order valence-electron chi connectivity index (χ2n) is 3.84. The highest BCUT2D eigenvalue weighted by molar-refractivity contribution is 5.74. The van der Waals surface area contributed by atoms with Gasteiger partial charge in [0.15, 0.2) is 0 Å². The van der Waals surface area contributed by atoms with Crippen LogP contribution in [0.15, 0.2) is 37.1 Å². The van der Waals surface area contributed by atoms with Crippen molar-refractivity contribution in [3.05, 3.63) is 48.2 Å². The first-order valence-electron chi connectivity index (χ1n) is 5.54. The normalized spacial score (nSPS) is 13.8. The molecule has 0 N–H and O–H groups in total. The van der Waals surface area contributed by atoms with Crippen LogP contribution >= 0.6 is 0 Å². The number of fused-ring (bicyclic) bond motifs is 1. The molecular weight excluding hydrogens is 182 g/mol. The molecule has 15 heavy (non-hydrogen) atoms. The van der Waals surface area contributed by atoms with Crippen molar-refractivity contribution >= 4 is 11.8 Å². The summed E-state index contributed by atoms with van der Waals surface area (Å²) in [6, 6.07) is 6.53. The van der Waals surface area contributed by atoms with E-state index in [0.717, 1.165) is 13.0 Å². The Labute approximate surface area is 91.7 Å². The maximum atomic E-state index is 3.85. The summed E-state index contributed by atoms with van der Waals surface area (Å²) in [7, 11) is 0. The van der Waals surface area contributed by atoms with Crippen molar-refractivity contribution in [3.8, 4) is 0 Å². The molecule has 0 bridgehead atoms. The summed E-state index contributed by atoms with van der Waals surface area (Å²) in [5, 5.41) is 0. The Morgan fingerprint density at radius 3 is 3.07 bits per heavy atom. The molecule has 1 heterocycles. The second kappa shape index (κ2) is 4.35. The Morgan fingerprint density at radius 1 is 1.47 bits per heavy atom. The molecular formula is C14H17N. The maximum Gasteiger partial charge on any atom is 0.0485 e. The Kier molecular flexibility index (Phi) is 2.91. The molecule has 1 aromatic rings. The minimum atomic E-state index is 0.937. The predicted octanol–water partition coefficient (Wildman–Crippen LogP) is 3.62. The highest BCUT2D eigenvalue weighted by Gasteiger charge is 2.12. The van der Waals surface area contributed by atoms with E-state index in [4.69, 9.17) is 0 Å². The summed E-state index contributed by atoms with van der Waals surface area (Å²) < 4.78 is 0. The molecule has 0 spiro atoms. The molecule has 2 rings (SSSR count). The molecule has 0 fully saturated rings. The van der Waals surface area contributed by atoms with E-state index in [0.29, 0.717) is 0 Å². The monoisotopic (exact) mass is 199 g/mol. The van der Waals surface area contributed by atoms with E-state index in [2.05, 4.69) is 48.8 Å². The summed E-state index contributed by atoms with van der Waals surface area (Å²) in [5.74, 6) is 0. The van der Waals surface area contributed by atoms with Gasteiger partial charge in [-0.05, 0) is 24.3 Å². The molecule has 1 heteroatoms. The van der Waals surface area contributed by atoms with Crippen LogP contribution in [0.1, 0.15) is 24.5 Å². The standard InChI is InChI=1S/C14H17N/c1-3-7-12-8-5-10-14-13(12)9-6-11-15(14)4-2/h4-6,8-10H,2-3,7,11H2,1H3. The lowest BCUT2D eigenvalue weighted by atomic mass is 9.98. The molecule has 1 aliphatic heterocycles. The zero-order valence-electron chi connectivity index (χ0n) is 9.24. The first kappa shape index (κ1) is 10.0. The first-order valence-corrected chi connectivity index (χ1v) is 5.54. The molecule has 0 saturated carbocycles. The van der Waals surface area contributed by atoms with Crippen LogP contribution in [-0.4, -0.2) is 6.54 Å². The fraction of sp³-hybridized carbons (Fsp3) is 0.286. The lowest BCUT2D eigenvalue weighted by Crippen LogP contribution is -2.19. The van der Waals surface area contributed by atoms with E-state index in [1.807, 2.05) is 6.20 Å². The van der Waals surface area contributed by atoms with Gasteiger partial charge in [-0.15, -0.1) is 0 Å². The number of aryl methyl sites for hydroxylation is 1. The zero-order valence-corrected chi connectivity index (χ0v) is 9.24. The molecule has 1 aromatic carbocycles. The van der Waals surface area contributed by atoms with Gasteiger partial charge < -0.3 is 4.90 Å². The zero-order chi connectivity index (χ0) is 10.7. The average Bonchev–Trinajstić information content (AvgIpc) is 2.29. The van der Waals surface area contributed by atoms with Crippen LogP contribution < -0.4 is 4.90 Å². The molecule has 0 radical (unpaired) electrons. The number of hydrogen-bond donors (Lipinski definition) is 0. The van der Waals surface area contributed by atoms with Gasteiger partial charge in [-0.1, -0.05) is 44.2 Å². The third-order valence-corrected chi connectivity index (χ3v) is 2.81. The molecule has 0 amide bonds. The van der Waals surface area contributed by atoms with Gasteiger partial charge in [-0.25, -0.2) is 0 Å². The summed E-state index contributed by atoms with van der Waals surface area (Å²) in [5.41, 5.74) is 4.10. The lowest BCUT2D eigenvalue weighted by molar-refractivity contribution is 0.915. The third kappa shape index (κ3) is 1.82. The minimum Gasteiger partial charge on any atom is -0.344 e. The molecule has 78 valence electrons. The fourth-order valence-corrected chi connectivity index (χ4v) is 2.09. The van der Waals surface area contributed by atoms with Gasteiger partial charge in [0.1, 0.15) is 0 Å². The van der Waals surface area contributed by atoms with Crippen molar-refractivity contribution in [2.45, 2.75) is 19.8 Å². The van der Waals surface area contributed by atoms with E-state index >= 15 is 0 Å². The molecule has 1 aliphatic rings. The number of nitrogens with zero attached hydrogens (tertiary/aromatic N) is 1. The molecule has 0 aliphatic carbocycles. The van der Waals surface area contributed by atoms with Gasteiger partial charge in [-0.2, -0.15) is 0 Å². The number of rotatable bonds is 3. The lowest BCUT2D eigenvalue weighted by Gasteiger charge is -2.25. The molecule has 1 nitrogen and oxygen atoms in total. The fourth-order valence-electron chi connectivity index (χ4n) is 2.09. The van der Waals surface area contributed by atoms with Crippen LogP contribution in [0.2, 0.25) is 0 Å². The highest BCUT2D eigenvalue weighted by atomic mass is 15.1. The summed E-state index contributed by atoms with van der Waals surface area (Å²) >= 11 is 0. The number of hydrogen-bond acceptors (Lipinski definition) is 1. The molecule has 0 atom stereocenters. The molecule has 0 unspecified atom stereocenters. The summed E-state index contributed by atoms with van der Waals surface area (Å²) in [4.78, 5) is 2.19. The van der Waals surface area contributed by atoms with Crippen LogP contribution in [0.4, 0.5) is 5.69 Å². The minimum absolute atomic E-state index is 0.937. The van der Waals surface area contributed by atoms with E-state index < -0.39 is 0 Å². The Bertz CT molecular complexity index is 390. The van der Waals surface area contributed by atoms with E-state index in [-0.39, 0.29) is 0 Å². The number of anilines is 1. The van der Waals surface area contributed by atoms with E-state index in [9.17, 15) is 0 Å². The van der Waals surface area contributed by atoms with Crippen molar-refractivity contribution < 1.29 is 0 Å². The Hall–Kier alpha value is -1.50. The van der Waals surface area contributed by atoms with Crippen LogP contribution in [0.5, 0.6) is 0 Å².